The van der Waals surface area contributed by atoms with Gasteiger partial charge in [0.05, 0.1) is 11.0 Å². The van der Waals surface area contributed by atoms with Crippen molar-refractivity contribution < 1.29 is 0 Å². The predicted molar refractivity (Wildman–Crippen MR) is 138 cm³/mol. The third-order valence-corrected chi connectivity index (χ3v) is 7.09. The summed E-state index contributed by atoms with van der Waals surface area (Å²) in [7, 11) is 2.16. The molecule has 0 radical (unpaired) electrons. The molecule has 0 amide bonds. The fourth-order valence-electron chi connectivity index (χ4n) is 4.39. The number of fused-ring (bicyclic) bond motifs is 3. The number of hydrogen-bond donors (Lipinski definition) is 0. The zero-order chi connectivity index (χ0) is 20.8. The molecule has 2 aromatic heterocycles. The van der Waals surface area contributed by atoms with Gasteiger partial charge in [-0.1, -0.05) is 78.3 Å². The van der Waals surface area contributed by atoms with Crippen LogP contribution in [0.5, 0.6) is 0 Å². The smallest absolute Gasteiger partial charge is 0.139 e. The first-order valence-electron chi connectivity index (χ1n) is 10.5. The topological polar surface area (TPSA) is 4.93 Å². The molecule has 0 fully saturated rings. The Hall–Kier alpha value is -3.56. The molecule has 146 valence electrons. The van der Waals surface area contributed by atoms with Crippen molar-refractivity contribution in [2.24, 2.45) is 0 Å². The largest absolute Gasteiger partial charge is 0.309 e. The van der Waals surface area contributed by atoms with E-state index >= 15 is 0 Å². The molecule has 0 saturated carbocycles. The van der Waals surface area contributed by atoms with Gasteiger partial charge in [0.1, 0.15) is 7.85 Å². The van der Waals surface area contributed by atoms with Crippen LogP contribution < -0.4 is 5.46 Å². The van der Waals surface area contributed by atoms with Crippen molar-refractivity contribution in [3.63, 3.8) is 0 Å². The van der Waals surface area contributed by atoms with Crippen LogP contribution in [-0.4, -0.2) is 12.4 Å². The second-order valence-electron chi connectivity index (χ2n) is 7.95. The average molecular weight is 413 g/mol. The lowest BCUT2D eigenvalue weighted by Crippen LogP contribution is -2.00. The van der Waals surface area contributed by atoms with Gasteiger partial charge in [0.25, 0.3) is 0 Å². The van der Waals surface area contributed by atoms with Crippen molar-refractivity contribution in [3.05, 3.63) is 109 Å². The van der Waals surface area contributed by atoms with Crippen LogP contribution >= 0.6 is 11.3 Å². The maximum Gasteiger partial charge on any atom is 0.139 e. The van der Waals surface area contributed by atoms with Crippen LogP contribution in [0.25, 0.3) is 48.4 Å². The first kappa shape index (κ1) is 18.2. The van der Waals surface area contributed by atoms with Crippen molar-refractivity contribution in [1.82, 2.24) is 4.57 Å². The Kier molecular flexibility index (Phi) is 4.29. The van der Waals surface area contributed by atoms with Crippen LogP contribution in [0.4, 0.5) is 0 Å². The van der Waals surface area contributed by atoms with Gasteiger partial charge in [0.15, 0.2) is 0 Å². The molecule has 6 rings (SSSR count). The standard InChI is InChI=1S/C28H20BNS/c29-21-12-15-26-24(18-21)23-8-4-5-9-25(23)30(26)22-13-10-20(11-14-22)28-17-16-27(31-28)19-6-2-1-3-7-19/h1-18H,29H2. The molecule has 1 nitrogen and oxygen atoms in total. The molecular formula is C28H20BNS. The Morgan fingerprint density at radius 2 is 1.19 bits per heavy atom. The maximum atomic E-state index is 2.37. The van der Waals surface area contributed by atoms with Gasteiger partial charge in [-0.25, -0.2) is 0 Å². The number of hydrogen-bond acceptors (Lipinski definition) is 1. The first-order valence-corrected chi connectivity index (χ1v) is 11.4. The molecular weight excluding hydrogens is 393 g/mol. The summed E-state index contributed by atoms with van der Waals surface area (Å²) in [5.41, 5.74) is 7.51. The van der Waals surface area contributed by atoms with Gasteiger partial charge >= 0.3 is 0 Å². The number of thiophene rings is 1. The number of nitrogens with zero attached hydrogens (tertiary/aromatic N) is 1. The molecule has 0 aliphatic rings. The number of benzene rings is 4. The average Bonchev–Trinajstić information content (AvgIpc) is 3.43. The van der Waals surface area contributed by atoms with E-state index in [4.69, 9.17) is 0 Å². The molecule has 0 aliphatic carbocycles. The van der Waals surface area contributed by atoms with E-state index in [1.807, 2.05) is 11.3 Å². The normalized spacial score (nSPS) is 11.4. The molecule has 0 unspecified atom stereocenters. The van der Waals surface area contributed by atoms with E-state index in [1.54, 1.807) is 0 Å². The fourth-order valence-corrected chi connectivity index (χ4v) is 5.41. The van der Waals surface area contributed by atoms with Gasteiger partial charge in [-0.15, -0.1) is 11.3 Å². The summed E-state index contributed by atoms with van der Waals surface area (Å²) in [5.74, 6) is 0. The zero-order valence-electron chi connectivity index (χ0n) is 17.2. The molecule has 0 aliphatic heterocycles. The van der Waals surface area contributed by atoms with E-state index in [-0.39, 0.29) is 0 Å². The SMILES string of the molecule is Bc1ccc2c(c1)c1ccccc1n2-c1ccc(-c2ccc(-c3ccccc3)s2)cc1. The fraction of sp³-hybridized carbons (Fsp3) is 0. The quantitative estimate of drug-likeness (QED) is 0.294. The van der Waals surface area contributed by atoms with Crippen molar-refractivity contribution in [3.8, 4) is 26.6 Å². The molecule has 31 heavy (non-hydrogen) atoms. The Labute approximate surface area is 186 Å². The van der Waals surface area contributed by atoms with E-state index in [0.29, 0.717) is 0 Å². The highest BCUT2D eigenvalue weighted by Crippen LogP contribution is 2.36. The third-order valence-electron chi connectivity index (χ3n) is 5.90. The van der Waals surface area contributed by atoms with Crippen LogP contribution in [-0.2, 0) is 0 Å². The molecule has 0 saturated heterocycles. The van der Waals surface area contributed by atoms with Crippen molar-refractivity contribution >= 4 is 46.5 Å². The summed E-state index contributed by atoms with van der Waals surface area (Å²) >= 11 is 1.84. The lowest BCUT2D eigenvalue weighted by atomic mass is 9.94. The van der Waals surface area contributed by atoms with Crippen molar-refractivity contribution in [1.29, 1.82) is 0 Å². The summed E-state index contributed by atoms with van der Waals surface area (Å²) in [6.45, 7) is 0. The second kappa shape index (κ2) is 7.30. The van der Waals surface area contributed by atoms with Gasteiger partial charge in [0.2, 0.25) is 0 Å². The van der Waals surface area contributed by atoms with Crippen molar-refractivity contribution in [2.75, 3.05) is 0 Å². The minimum Gasteiger partial charge on any atom is -0.309 e. The maximum absolute atomic E-state index is 2.37. The monoisotopic (exact) mass is 413 g/mol. The van der Waals surface area contributed by atoms with E-state index in [2.05, 4.69) is 122 Å². The van der Waals surface area contributed by atoms with Crippen molar-refractivity contribution in [2.45, 2.75) is 0 Å². The van der Waals surface area contributed by atoms with Crippen LogP contribution in [0.1, 0.15) is 0 Å². The summed E-state index contributed by atoms with van der Waals surface area (Å²) < 4.78 is 2.37. The van der Waals surface area contributed by atoms with Gasteiger partial charge < -0.3 is 4.57 Å². The van der Waals surface area contributed by atoms with E-state index in [9.17, 15) is 0 Å². The molecule has 2 heterocycles. The molecule has 0 spiro atoms. The summed E-state index contributed by atoms with van der Waals surface area (Å²) in [6.07, 6.45) is 0. The highest BCUT2D eigenvalue weighted by molar-refractivity contribution is 7.18. The molecule has 0 atom stereocenters. The Balaban J connectivity index is 1.44. The van der Waals surface area contributed by atoms with Crippen LogP contribution in [0.2, 0.25) is 0 Å². The minimum absolute atomic E-state index is 1.19. The second-order valence-corrected chi connectivity index (χ2v) is 9.03. The lowest BCUT2D eigenvalue weighted by molar-refractivity contribution is 1.18. The van der Waals surface area contributed by atoms with Gasteiger partial charge in [-0.2, -0.15) is 0 Å². The van der Waals surface area contributed by atoms with Crippen LogP contribution in [0.3, 0.4) is 0 Å². The summed E-state index contributed by atoms with van der Waals surface area (Å²) in [6, 6.07) is 39.4. The lowest BCUT2D eigenvalue weighted by Gasteiger charge is -2.09. The Morgan fingerprint density at radius 3 is 1.97 bits per heavy atom. The molecule has 4 aromatic carbocycles. The number of rotatable bonds is 3. The zero-order valence-corrected chi connectivity index (χ0v) is 18.1. The first-order chi connectivity index (χ1) is 15.3. The van der Waals surface area contributed by atoms with E-state index in [1.165, 1.54) is 53.8 Å². The predicted octanol–water partition coefficient (Wildman–Crippen LogP) is 6.44. The molecule has 3 heteroatoms. The van der Waals surface area contributed by atoms with Gasteiger partial charge in [-0.05, 0) is 47.5 Å². The summed E-state index contributed by atoms with van der Waals surface area (Å²) in [5, 5.41) is 2.61. The van der Waals surface area contributed by atoms with Gasteiger partial charge in [0, 0.05) is 26.2 Å². The molecule has 0 bridgehead atoms. The Bertz CT molecular complexity index is 1520. The molecule has 6 aromatic rings. The highest BCUT2D eigenvalue weighted by atomic mass is 32.1. The minimum atomic E-state index is 1.19. The highest BCUT2D eigenvalue weighted by Gasteiger charge is 2.12. The third kappa shape index (κ3) is 3.10. The van der Waals surface area contributed by atoms with Crippen LogP contribution in [0, 0.1) is 0 Å². The van der Waals surface area contributed by atoms with E-state index < -0.39 is 0 Å². The summed E-state index contributed by atoms with van der Waals surface area (Å²) in [4.78, 5) is 2.60. The Morgan fingerprint density at radius 1 is 0.548 bits per heavy atom. The molecule has 0 N–H and O–H groups in total. The number of aromatic nitrogens is 1. The number of para-hydroxylation sites is 1. The van der Waals surface area contributed by atoms with Gasteiger partial charge in [-0.3, -0.25) is 0 Å². The van der Waals surface area contributed by atoms with E-state index in [0.717, 1.165) is 0 Å². The van der Waals surface area contributed by atoms with Crippen LogP contribution in [0.15, 0.2) is 109 Å².